The molecule has 92 valence electrons. The molecule has 0 saturated carbocycles. The molecule has 0 heterocycles. The second-order valence-corrected chi connectivity index (χ2v) is 6.54. The summed E-state index contributed by atoms with van der Waals surface area (Å²) < 4.78 is 2.79. The average molecular weight is 433 g/mol. The summed E-state index contributed by atoms with van der Waals surface area (Å²) in [6.45, 7) is 0. The summed E-state index contributed by atoms with van der Waals surface area (Å²) in [4.78, 5) is 12.2. The average Bonchev–Trinajstić information content (AvgIpc) is 2.32. The Kier molecular flexibility index (Phi) is 4.76. The Morgan fingerprint density at radius 2 is 1.50 bits per heavy atom. The largest absolute Gasteiger partial charge is 0.294 e. The maximum atomic E-state index is 12.2. The highest BCUT2D eigenvalue weighted by atomic mass is 79.9. The van der Waals surface area contributed by atoms with Crippen LogP contribution in [0.3, 0.4) is 0 Å². The fourth-order valence-corrected chi connectivity index (χ4v) is 3.13. The molecule has 18 heavy (non-hydrogen) atoms. The fraction of sp³-hybridized carbons (Fsp3) is 0.0714. The number of halogens is 3. The first-order chi connectivity index (χ1) is 8.56. The van der Waals surface area contributed by atoms with Crippen molar-refractivity contribution in [2.75, 3.05) is 0 Å². The van der Waals surface area contributed by atoms with Crippen LogP contribution in [-0.2, 0) is 6.42 Å². The number of carbonyl (C=O) groups is 1. The molecular weight excluding hydrogens is 424 g/mol. The minimum Gasteiger partial charge on any atom is -0.294 e. The van der Waals surface area contributed by atoms with Gasteiger partial charge in [0.1, 0.15) is 0 Å². The molecule has 0 aliphatic heterocycles. The SMILES string of the molecule is O=C(Cc1ccc(Br)cc1)c1ccc(Br)cc1Br. The maximum Gasteiger partial charge on any atom is 0.168 e. The predicted octanol–water partition coefficient (Wildman–Crippen LogP) is 5.40. The zero-order valence-corrected chi connectivity index (χ0v) is 14.0. The van der Waals surface area contributed by atoms with E-state index in [9.17, 15) is 4.79 Å². The van der Waals surface area contributed by atoms with E-state index in [-0.39, 0.29) is 5.78 Å². The number of rotatable bonds is 3. The topological polar surface area (TPSA) is 17.1 Å². The van der Waals surface area contributed by atoms with Crippen LogP contribution in [-0.4, -0.2) is 5.78 Å². The summed E-state index contributed by atoms with van der Waals surface area (Å²) in [5.41, 5.74) is 1.72. The normalized spacial score (nSPS) is 10.4. The van der Waals surface area contributed by atoms with Crippen molar-refractivity contribution in [3.8, 4) is 0 Å². The molecule has 0 spiro atoms. The summed E-state index contributed by atoms with van der Waals surface area (Å²) in [7, 11) is 0. The van der Waals surface area contributed by atoms with Gasteiger partial charge in [-0.1, -0.05) is 59.9 Å². The molecule has 0 aliphatic carbocycles. The van der Waals surface area contributed by atoms with Gasteiger partial charge >= 0.3 is 0 Å². The summed E-state index contributed by atoms with van der Waals surface area (Å²) in [5.74, 6) is 0.108. The number of Topliss-reactive ketones (excluding diaryl/α,β-unsaturated/α-hetero) is 1. The molecule has 0 atom stereocenters. The summed E-state index contributed by atoms with van der Waals surface area (Å²) in [5, 5.41) is 0. The van der Waals surface area contributed by atoms with E-state index < -0.39 is 0 Å². The van der Waals surface area contributed by atoms with Gasteiger partial charge in [0.05, 0.1) is 0 Å². The van der Waals surface area contributed by atoms with Crippen molar-refractivity contribution >= 4 is 53.6 Å². The van der Waals surface area contributed by atoms with Gasteiger partial charge in [-0.25, -0.2) is 0 Å². The lowest BCUT2D eigenvalue weighted by Crippen LogP contribution is -2.04. The fourth-order valence-electron chi connectivity index (χ4n) is 1.60. The minimum atomic E-state index is 0.108. The van der Waals surface area contributed by atoms with Crippen molar-refractivity contribution in [1.82, 2.24) is 0 Å². The molecule has 0 unspecified atom stereocenters. The van der Waals surface area contributed by atoms with Gasteiger partial charge in [0.25, 0.3) is 0 Å². The predicted molar refractivity (Wildman–Crippen MR) is 84.0 cm³/mol. The van der Waals surface area contributed by atoms with E-state index in [2.05, 4.69) is 47.8 Å². The molecular formula is C14H9Br3O. The molecule has 0 saturated heterocycles. The van der Waals surface area contributed by atoms with Crippen LogP contribution < -0.4 is 0 Å². The molecule has 0 fully saturated rings. The van der Waals surface area contributed by atoms with Crippen molar-refractivity contribution in [2.45, 2.75) is 6.42 Å². The van der Waals surface area contributed by atoms with Gasteiger partial charge in [-0.05, 0) is 35.9 Å². The lowest BCUT2D eigenvalue weighted by Gasteiger charge is -2.05. The Morgan fingerprint density at radius 3 is 2.11 bits per heavy atom. The van der Waals surface area contributed by atoms with Crippen LogP contribution in [0.2, 0.25) is 0 Å². The first-order valence-corrected chi connectivity index (χ1v) is 7.67. The molecule has 0 aliphatic rings. The molecule has 2 aromatic carbocycles. The van der Waals surface area contributed by atoms with Gasteiger partial charge in [-0.15, -0.1) is 0 Å². The Bertz CT molecular complexity index is 576. The maximum absolute atomic E-state index is 12.2. The highest BCUT2D eigenvalue weighted by Gasteiger charge is 2.11. The third kappa shape index (κ3) is 3.53. The standard InChI is InChI=1S/C14H9Br3O/c15-10-3-1-9(2-4-10)7-14(18)12-6-5-11(16)8-13(12)17/h1-6,8H,7H2. The molecule has 2 aromatic rings. The van der Waals surface area contributed by atoms with Gasteiger partial charge in [-0.2, -0.15) is 0 Å². The number of benzene rings is 2. The molecule has 0 amide bonds. The highest BCUT2D eigenvalue weighted by Crippen LogP contribution is 2.23. The van der Waals surface area contributed by atoms with E-state index in [1.807, 2.05) is 42.5 Å². The quantitative estimate of drug-likeness (QED) is 0.593. The van der Waals surface area contributed by atoms with E-state index in [0.717, 1.165) is 19.0 Å². The van der Waals surface area contributed by atoms with Crippen LogP contribution in [0, 0.1) is 0 Å². The number of ketones is 1. The van der Waals surface area contributed by atoms with Crippen LogP contribution in [0.4, 0.5) is 0 Å². The zero-order valence-electron chi connectivity index (χ0n) is 9.29. The zero-order chi connectivity index (χ0) is 13.1. The van der Waals surface area contributed by atoms with Crippen molar-refractivity contribution in [2.24, 2.45) is 0 Å². The summed E-state index contributed by atoms with van der Waals surface area (Å²) in [6.07, 6.45) is 0.410. The first kappa shape index (κ1) is 14.0. The van der Waals surface area contributed by atoms with Crippen LogP contribution >= 0.6 is 47.8 Å². The van der Waals surface area contributed by atoms with Gasteiger partial charge < -0.3 is 0 Å². The summed E-state index contributed by atoms with van der Waals surface area (Å²) in [6, 6.07) is 13.4. The molecule has 0 N–H and O–H groups in total. The van der Waals surface area contributed by atoms with Crippen LogP contribution in [0.15, 0.2) is 55.9 Å². The van der Waals surface area contributed by atoms with Gasteiger partial charge in [0.15, 0.2) is 5.78 Å². The molecule has 0 bridgehead atoms. The van der Waals surface area contributed by atoms with E-state index >= 15 is 0 Å². The molecule has 0 aromatic heterocycles. The van der Waals surface area contributed by atoms with Gasteiger partial charge in [0.2, 0.25) is 0 Å². The number of hydrogen-bond donors (Lipinski definition) is 0. The van der Waals surface area contributed by atoms with Crippen LogP contribution in [0.25, 0.3) is 0 Å². The van der Waals surface area contributed by atoms with E-state index in [4.69, 9.17) is 0 Å². The lowest BCUT2D eigenvalue weighted by molar-refractivity contribution is 0.0992. The third-order valence-electron chi connectivity index (χ3n) is 2.51. The van der Waals surface area contributed by atoms with Crippen molar-refractivity contribution in [3.05, 3.63) is 67.0 Å². The molecule has 2 rings (SSSR count). The Labute approximate surface area is 131 Å². The van der Waals surface area contributed by atoms with Crippen molar-refractivity contribution < 1.29 is 4.79 Å². The van der Waals surface area contributed by atoms with E-state index in [1.165, 1.54) is 0 Å². The number of hydrogen-bond acceptors (Lipinski definition) is 1. The minimum absolute atomic E-state index is 0.108. The van der Waals surface area contributed by atoms with Crippen molar-refractivity contribution in [1.29, 1.82) is 0 Å². The van der Waals surface area contributed by atoms with Gasteiger partial charge in [-0.3, -0.25) is 4.79 Å². The van der Waals surface area contributed by atoms with E-state index in [1.54, 1.807) is 0 Å². The second-order valence-electron chi connectivity index (χ2n) is 3.85. The summed E-state index contributed by atoms with van der Waals surface area (Å²) >= 11 is 10.2. The Hall–Kier alpha value is -0.450. The first-order valence-electron chi connectivity index (χ1n) is 5.29. The van der Waals surface area contributed by atoms with E-state index in [0.29, 0.717) is 12.0 Å². The monoisotopic (exact) mass is 430 g/mol. The Balaban J connectivity index is 2.19. The Morgan fingerprint density at radius 1 is 0.889 bits per heavy atom. The van der Waals surface area contributed by atoms with Crippen molar-refractivity contribution in [3.63, 3.8) is 0 Å². The van der Waals surface area contributed by atoms with Gasteiger partial charge in [0, 0.05) is 25.4 Å². The molecule has 1 nitrogen and oxygen atoms in total. The lowest BCUT2D eigenvalue weighted by atomic mass is 10.0. The number of carbonyl (C=O) groups excluding carboxylic acids is 1. The highest BCUT2D eigenvalue weighted by molar-refractivity contribution is 9.11. The van der Waals surface area contributed by atoms with Crippen LogP contribution in [0.5, 0.6) is 0 Å². The molecule has 0 radical (unpaired) electrons. The molecule has 4 heteroatoms. The smallest absolute Gasteiger partial charge is 0.168 e. The second kappa shape index (κ2) is 6.13. The van der Waals surface area contributed by atoms with Crippen LogP contribution in [0.1, 0.15) is 15.9 Å². The third-order valence-corrected chi connectivity index (χ3v) is 4.19.